The van der Waals surface area contributed by atoms with E-state index in [1.165, 1.54) is 0 Å². The van der Waals surface area contributed by atoms with Crippen LogP contribution in [0.25, 0.3) is 0 Å². The van der Waals surface area contributed by atoms with Crippen LogP contribution in [0.1, 0.15) is 83.4 Å². The van der Waals surface area contributed by atoms with Crippen molar-refractivity contribution in [1.29, 1.82) is 0 Å². The van der Waals surface area contributed by atoms with Gasteiger partial charge in [0, 0.05) is 17.6 Å². The Kier molecular flexibility index (Phi) is 8.10. The Hall–Kier alpha value is -2.77. The minimum Gasteiger partial charge on any atom is -0.507 e. The highest BCUT2D eigenvalue weighted by molar-refractivity contribution is 5.91. The molecule has 0 radical (unpaired) electrons. The highest BCUT2D eigenvalue weighted by Gasteiger charge is 2.47. The highest BCUT2D eigenvalue weighted by Crippen LogP contribution is 2.42. The van der Waals surface area contributed by atoms with E-state index in [9.17, 15) is 19.5 Å². The van der Waals surface area contributed by atoms with Gasteiger partial charge in [0.05, 0.1) is 0 Å². The molecule has 8 heteroatoms. The first kappa shape index (κ1) is 25.8. The lowest BCUT2D eigenvalue weighted by Gasteiger charge is -2.34. The second-order valence-electron chi connectivity index (χ2n) is 10.7. The topological polar surface area (TPSA) is 108 Å². The van der Waals surface area contributed by atoms with Crippen LogP contribution in [-0.2, 0) is 14.3 Å². The second kappa shape index (κ2) is 10.7. The van der Waals surface area contributed by atoms with Crippen molar-refractivity contribution >= 4 is 17.9 Å². The van der Waals surface area contributed by atoms with Crippen LogP contribution < -0.4 is 10.6 Å². The van der Waals surface area contributed by atoms with E-state index in [-0.39, 0.29) is 42.1 Å². The molecule has 2 aliphatic carbocycles. The highest BCUT2D eigenvalue weighted by atomic mass is 16.6. The molecule has 3 atom stereocenters. The maximum Gasteiger partial charge on any atom is 0.408 e. The molecule has 2 fully saturated rings. The Balaban J connectivity index is 1.88. The van der Waals surface area contributed by atoms with Crippen molar-refractivity contribution in [3.8, 4) is 5.75 Å². The van der Waals surface area contributed by atoms with Gasteiger partial charge in [0.2, 0.25) is 11.8 Å². The lowest BCUT2D eigenvalue weighted by Crippen LogP contribution is -2.50. The summed E-state index contributed by atoms with van der Waals surface area (Å²) in [5, 5.41) is 16.5. The Morgan fingerprint density at radius 3 is 2.41 bits per heavy atom. The summed E-state index contributed by atoms with van der Waals surface area (Å²) in [5.74, 6) is -0.442. The van der Waals surface area contributed by atoms with E-state index in [1.807, 2.05) is 6.92 Å². The number of hydrogen-bond donors (Lipinski definition) is 3. The Morgan fingerprint density at radius 1 is 1.18 bits per heavy atom. The van der Waals surface area contributed by atoms with Crippen LogP contribution in [0.5, 0.6) is 5.75 Å². The molecule has 8 nitrogen and oxygen atoms in total. The number of carbonyl (C=O) groups excluding carboxylic acids is 3. The van der Waals surface area contributed by atoms with E-state index in [2.05, 4.69) is 10.6 Å². The number of aryl methyl sites for hydroxylation is 1. The minimum atomic E-state index is -0.982. The first-order chi connectivity index (χ1) is 16.0. The average molecular weight is 474 g/mol. The van der Waals surface area contributed by atoms with Crippen molar-refractivity contribution in [2.75, 3.05) is 6.54 Å². The maximum absolute atomic E-state index is 13.7. The lowest BCUT2D eigenvalue weighted by atomic mass is 9.94. The van der Waals surface area contributed by atoms with Gasteiger partial charge in [-0.2, -0.15) is 0 Å². The first-order valence-corrected chi connectivity index (χ1v) is 12.3. The molecule has 0 aromatic heterocycles. The quantitative estimate of drug-likeness (QED) is 0.556. The van der Waals surface area contributed by atoms with Crippen LogP contribution in [0, 0.1) is 12.8 Å². The number of carbonyl (C=O) groups is 3. The van der Waals surface area contributed by atoms with E-state index in [1.54, 1.807) is 50.8 Å². The van der Waals surface area contributed by atoms with Crippen molar-refractivity contribution in [3.63, 3.8) is 0 Å². The predicted molar refractivity (Wildman–Crippen MR) is 129 cm³/mol. The van der Waals surface area contributed by atoms with Gasteiger partial charge in [-0.3, -0.25) is 9.59 Å². The molecule has 1 aromatic carbocycles. The molecule has 3 unspecified atom stereocenters. The molecular weight excluding hydrogens is 434 g/mol. The number of nitrogens with one attached hydrogen (secondary N) is 2. The van der Waals surface area contributed by atoms with E-state index in [0.717, 1.165) is 38.5 Å². The molecule has 2 saturated carbocycles. The van der Waals surface area contributed by atoms with Crippen LogP contribution in [0.3, 0.4) is 0 Å². The number of amides is 3. The summed E-state index contributed by atoms with van der Waals surface area (Å²) < 4.78 is 5.25. The first-order valence-electron chi connectivity index (χ1n) is 12.3. The third-order valence-electron chi connectivity index (χ3n) is 6.54. The van der Waals surface area contributed by atoms with E-state index < -0.39 is 17.7 Å². The molecule has 2 aliphatic rings. The van der Waals surface area contributed by atoms with Crippen molar-refractivity contribution in [3.05, 3.63) is 29.3 Å². The van der Waals surface area contributed by atoms with Crippen LogP contribution in [0.2, 0.25) is 0 Å². The molecule has 3 amide bonds. The summed E-state index contributed by atoms with van der Waals surface area (Å²) in [6, 6.07) is 4.18. The zero-order chi connectivity index (χ0) is 25.0. The standard InChI is InChI=1S/C26H39N3O5/c1-16-10-9-13-19(23(16)31)22(24(32)28-18-11-7-6-8-12-18)29(20-14-17(20)2)21(30)15-27-25(33)34-26(3,4)5/h9-10,13,17-18,20,22,31H,6-8,11-12,14-15H2,1-5H3,(H,27,33)(H,28,32). The van der Waals surface area contributed by atoms with Crippen molar-refractivity contribution in [1.82, 2.24) is 15.5 Å². The van der Waals surface area contributed by atoms with Gasteiger partial charge < -0.3 is 25.4 Å². The molecule has 0 spiro atoms. The van der Waals surface area contributed by atoms with Crippen LogP contribution >= 0.6 is 0 Å². The van der Waals surface area contributed by atoms with Gasteiger partial charge in [-0.05, 0) is 58.4 Å². The zero-order valence-electron chi connectivity index (χ0n) is 21.0. The van der Waals surface area contributed by atoms with Gasteiger partial charge in [-0.1, -0.05) is 44.4 Å². The summed E-state index contributed by atoms with van der Waals surface area (Å²) in [6.45, 7) is 8.75. The molecular formula is C26H39N3O5. The van der Waals surface area contributed by atoms with Gasteiger partial charge in [-0.15, -0.1) is 0 Å². The number of rotatable bonds is 7. The molecule has 0 aliphatic heterocycles. The van der Waals surface area contributed by atoms with Crippen LogP contribution in [0.15, 0.2) is 18.2 Å². The van der Waals surface area contributed by atoms with E-state index in [4.69, 9.17) is 4.74 Å². The van der Waals surface area contributed by atoms with E-state index in [0.29, 0.717) is 11.1 Å². The maximum atomic E-state index is 13.7. The molecule has 3 N–H and O–H groups in total. The molecule has 188 valence electrons. The third-order valence-corrected chi connectivity index (χ3v) is 6.54. The number of ether oxygens (including phenoxy) is 1. The number of alkyl carbamates (subject to hydrolysis) is 1. The molecule has 0 heterocycles. The molecule has 0 saturated heterocycles. The fraction of sp³-hybridized carbons (Fsp3) is 0.654. The molecule has 34 heavy (non-hydrogen) atoms. The number of phenolic OH excluding ortho intramolecular Hbond substituents is 1. The number of phenols is 1. The second-order valence-corrected chi connectivity index (χ2v) is 10.7. The summed E-state index contributed by atoms with van der Waals surface area (Å²) in [4.78, 5) is 40.8. The predicted octanol–water partition coefficient (Wildman–Crippen LogP) is 3.95. The number of aromatic hydroxyl groups is 1. The Labute approximate surface area is 202 Å². The van der Waals surface area contributed by atoms with Gasteiger partial charge in [0.1, 0.15) is 23.9 Å². The van der Waals surface area contributed by atoms with Gasteiger partial charge in [-0.25, -0.2) is 4.79 Å². The monoisotopic (exact) mass is 473 g/mol. The number of benzene rings is 1. The Morgan fingerprint density at radius 2 is 1.82 bits per heavy atom. The Bertz CT molecular complexity index is 904. The van der Waals surface area contributed by atoms with Gasteiger partial charge in [0.25, 0.3) is 0 Å². The van der Waals surface area contributed by atoms with E-state index >= 15 is 0 Å². The van der Waals surface area contributed by atoms with Crippen molar-refractivity contribution in [2.24, 2.45) is 5.92 Å². The molecule has 1 aromatic rings. The number of para-hydroxylation sites is 1. The third kappa shape index (κ3) is 6.64. The summed E-state index contributed by atoms with van der Waals surface area (Å²) in [7, 11) is 0. The molecule has 3 rings (SSSR count). The van der Waals surface area contributed by atoms with Crippen molar-refractivity contribution in [2.45, 2.75) is 96.9 Å². The van der Waals surface area contributed by atoms with Gasteiger partial charge >= 0.3 is 6.09 Å². The zero-order valence-corrected chi connectivity index (χ0v) is 21.0. The summed E-state index contributed by atoms with van der Waals surface area (Å²) in [5.41, 5.74) is 0.349. The van der Waals surface area contributed by atoms with Crippen molar-refractivity contribution < 1.29 is 24.2 Å². The smallest absolute Gasteiger partial charge is 0.408 e. The largest absolute Gasteiger partial charge is 0.507 e. The SMILES string of the molecule is Cc1cccc(C(C(=O)NC2CCCCC2)N(C(=O)CNC(=O)OC(C)(C)C)C2CC2C)c1O. The lowest BCUT2D eigenvalue weighted by molar-refractivity contribution is -0.141. The van der Waals surface area contributed by atoms with Gasteiger partial charge in [0.15, 0.2) is 0 Å². The van der Waals surface area contributed by atoms with Crippen LogP contribution in [-0.4, -0.2) is 52.1 Å². The number of nitrogens with zero attached hydrogens (tertiary/aromatic N) is 1. The fourth-order valence-corrected chi connectivity index (χ4v) is 4.61. The minimum absolute atomic E-state index is 0.0116. The number of hydrogen-bond acceptors (Lipinski definition) is 5. The average Bonchev–Trinajstić information content (AvgIpc) is 3.47. The molecule has 0 bridgehead atoms. The normalized spacial score (nSPS) is 21.3. The fourth-order valence-electron chi connectivity index (χ4n) is 4.61. The summed E-state index contributed by atoms with van der Waals surface area (Å²) in [6.07, 6.45) is 5.18. The summed E-state index contributed by atoms with van der Waals surface area (Å²) >= 11 is 0. The van der Waals surface area contributed by atoms with Crippen LogP contribution in [0.4, 0.5) is 4.79 Å².